The first kappa shape index (κ1) is 15.4. The molecule has 0 aromatic carbocycles. The molecule has 1 atom stereocenters. The molecule has 0 aromatic heterocycles. The van der Waals surface area contributed by atoms with Crippen LogP contribution in [0.15, 0.2) is 0 Å². The van der Waals surface area contributed by atoms with Gasteiger partial charge >= 0.3 is 0 Å². The highest BCUT2D eigenvalue weighted by Crippen LogP contribution is 2.15. The van der Waals surface area contributed by atoms with E-state index < -0.39 is 5.54 Å². The predicted molar refractivity (Wildman–Crippen MR) is 68.2 cm³/mol. The van der Waals surface area contributed by atoms with Gasteiger partial charge in [-0.15, -0.1) is 0 Å². The summed E-state index contributed by atoms with van der Waals surface area (Å²) < 4.78 is 0. The molecule has 0 aliphatic rings. The number of carbonyl (C=O) groups excluding carboxylic acids is 1. The zero-order chi connectivity index (χ0) is 13.0. The summed E-state index contributed by atoms with van der Waals surface area (Å²) in [5, 5.41) is 2.93. The van der Waals surface area contributed by atoms with E-state index in [2.05, 4.69) is 24.1 Å². The first-order chi connectivity index (χ1) is 7.10. The lowest BCUT2D eigenvalue weighted by molar-refractivity contribution is -0.126. The van der Waals surface area contributed by atoms with Crippen LogP contribution >= 0.6 is 0 Å². The SMILES string of the molecule is CCC(C)(N)C(=O)NCC(C)(C)CN(C)C. The van der Waals surface area contributed by atoms with Crippen LogP contribution < -0.4 is 11.1 Å². The van der Waals surface area contributed by atoms with Crippen LogP contribution in [-0.2, 0) is 4.79 Å². The van der Waals surface area contributed by atoms with E-state index in [-0.39, 0.29) is 11.3 Å². The molecule has 0 aliphatic heterocycles. The fourth-order valence-electron chi connectivity index (χ4n) is 1.59. The van der Waals surface area contributed by atoms with Crippen molar-refractivity contribution in [2.75, 3.05) is 27.2 Å². The van der Waals surface area contributed by atoms with Crippen molar-refractivity contribution in [3.8, 4) is 0 Å². The van der Waals surface area contributed by atoms with E-state index in [0.29, 0.717) is 13.0 Å². The van der Waals surface area contributed by atoms with Crippen molar-refractivity contribution < 1.29 is 4.79 Å². The minimum atomic E-state index is -0.756. The predicted octanol–water partition coefficient (Wildman–Crippen LogP) is 0.818. The topological polar surface area (TPSA) is 58.4 Å². The molecule has 0 saturated carbocycles. The lowest BCUT2D eigenvalue weighted by atomic mass is 9.92. The van der Waals surface area contributed by atoms with Crippen LogP contribution in [0.5, 0.6) is 0 Å². The van der Waals surface area contributed by atoms with Gasteiger partial charge in [-0.25, -0.2) is 0 Å². The van der Waals surface area contributed by atoms with Crippen molar-refractivity contribution in [2.45, 2.75) is 39.7 Å². The minimum absolute atomic E-state index is 0.0585. The first-order valence-corrected chi connectivity index (χ1v) is 5.82. The maximum Gasteiger partial charge on any atom is 0.239 e. The second-order valence-electron chi connectivity index (χ2n) is 5.86. The Bertz CT molecular complexity index is 234. The van der Waals surface area contributed by atoms with Gasteiger partial charge in [-0.2, -0.15) is 0 Å². The Morgan fingerprint density at radius 2 is 1.81 bits per heavy atom. The molecule has 4 heteroatoms. The molecular formula is C12H27N3O. The molecule has 4 nitrogen and oxygen atoms in total. The number of nitrogens with one attached hydrogen (secondary N) is 1. The van der Waals surface area contributed by atoms with Crippen molar-refractivity contribution in [1.29, 1.82) is 0 Å². The van der Waals surface area contributed by atoms with Crippen molar-refractivity contribution in [3.63, 3.8) is 0 Å². The third-order valence-electron chi connectivity index (χ3n) is 2.72. The lowest BCUT2D eigenvalue weighted by Gasteiger charge is -2.30. The van der Waals surface area contributed by atoms with Crippen LogP contribution in [0, 0.1) is 5.41 Å². The second-order valence-corrected chi connectivity index (χ2v) is 5.86. The van der Waals surface area contributed by atoms with Crippen LogP contribution in [0.3, 0.4) is 0 Å². The van der Waals surface area contributed by atoms with Crippen molar-refractivity contribution in [2.24, 2.45) is 11.1 Å². The van der Waals surface area contributed by atoms with Gasteiger partial charge < -0.3 is 16.0 Å². The Morgan fingerprint density at radius 1 is 1.31 bits per heavy atom. The molecule has 0 aromatic rings. The zero-order valence-corrected chi connectivity index (χ0v) is 11.6. The molecule has 0 heterocycles. The molecule has 0 saturated heterocycles. The van der Waals surface area contributed by atoms with Crippen LogP contribution in [0.25, 0.3) is 0 Å². The maximum absolute atomic E-state index is 11.8. The average Bonchev–Trinajstić information content (AvgIpc) is 2.12. The molecule has 0 rings (SSSR count). The molecule has 3 N–H and O–H groups in total. The van der Waals surface area contributed by atoms with Gasteiger partial charge in [0.2, 0.25) is 5.91 Å². The number of nitrogens with two attached hydrogens (primary N) is 1. The van der Waals surface area contributed by atoms with Crippen LogP contribution in [0.2, 0.25) is 0 Å². The number of hydrogen-bond acceptors (Lipinski definition) is 3. The summed E-state index contributed by atoms with van der Waals surface area (Å²) in [5.41, 5.74) is 5.17. The quantitative estimate of drug-likeness (QED) is 0.709. The van der Waals surface area contributed by atoms with E-state index in [1.807, 2.05) is 21.0 Å². The number of carbonyl (C=O) groups is 1. The van der Waals surface area contributed by atoms with Gasteiger partial charge in [-0.1, -0.05) is 20.8 Å². The summed E-state index contributed by atoms with van der Waals surface area (Å²) in [6.45, 7) is 9.53. The smallest absolute Gasteiger partial charge is 0.239 e. The number of nitrogens with zero attached hydrogens (tertiary/aromatic N) is 1. The lowest BCUT2D eigenvalue weighted by Crippen LogP contribution is -2.53. The Kier molecular flexibility index (Phi) is 5.42. The summed E-state index contributed by atoms with van der Waals surface area (Å²) in [6, 6.07) is 0. The standard InChI is InChI=1S/C12H27N3O/c1-7-12(4,13)10(16)14-8-11(2,3)9-15(5)6/h7-9,13H2,1-6H3,(H,14,16). The van der Waals surface area contributed by atoms with Crippen LogP contribution in [-0.4, -0.2) is 43.5 Å². The molecular weight excluding hydrogens is 202 g/mol. The highest BCUT2D eigenvalue weighted by Gasteiger charge is 2.28. The van der Waals surface area contributed by atoms with E-state index in [9.17, 15) is 4.79 Å². The molecule has 0 bridgehead atoms. The third kappa shape index (κ3) is 5.47. The van der Waals surface area contributed by atoms with Gasteiger partial charge in [0.05, 0.1) is 5.54 Å². The summed E-state index contributed by atoms with van der Waals surface area (Å²) >= 11 is 0. The number of hydrogen-bond donors (Lipinski definition) is 2. The Morgan fingerprint density at radius 3 is 2.19 bits per heavy atom. The van der Waals surface area contributed by atoms with Crippen molar-refractivity contribution in [1.82, 2.24) is 10.2 Å². The van der Waals surface area contributed by atoms with E-state index in [0.717, 1.165) is 6.54 Å². The Balaban J connectivity index is 4.19. The molecule has 1 amide bonds. The highest BCUT2D eigenvalue weighted by molar-refractivity contribution is 5.85. The van der Waals surface area contributed by atoms with Gasteiger partial charge in [0.15, 0.2) is 0 Å². The van der Waals surface area contributed by atoms with Crippen LogP contribution in [0.1, 0.15) is 34.1 Å². The molecule has 96 valence electrons. The average molecular weight is 229 g/mol. The highest BCUT2D eigenvalue weighted by atomic mass is 16.2. The monoisotopic (exact) mass is 229 g/mol. The van der Waals surface area contributed by atoms with Gasteiger partial charge in [0.25, 0.3) is 0 Å². The van der Waals surface area contributed by atoms with Gasteiger partial charge in [0, 0.05) is 13.1 Å². The van der Waals surface area contributed by atoms with E-state index in [4.69, 9.17) is 5.73 Å². The van der Waals surface area contributed by atoms with E-state index in [1.165, 1.54) is 0 Å². The third-order valence-corrected chi connectivity index (χ3v) is 2.72. The van der Waals surface area contributed by atoms with Crippen LogP contribution in [0.4, 0.5) is 0 Å². The molecule has 0 radical (unpaired) electrons. The maximum atomic E-state index is 11.8. The largest absolute Gasteiger partial charge is 0.354 e. The zero-order valence-electron chi connectivity index (χ0n) is 11.6. The fourth-order valence-corrected chi connectivity index (χ4v) is 1.59. The normalized spacial score (nSPS) is 16.0. The molecule has 0 aliphatic carbocycles. The summed E-state index contributed by atoms with van der Waals surface area (Å²) in [7, 11) is 4.06. The van der Waals surface area contributed by atoms with E-state index in [1.54, 1.807) is 6.92 Å². The minimum Gasteiger partial charge on any atom is -0.354 e. The van der Waals surface area contributed by atoms with Gasteiger partial charge in [-0.3, -0.25) is 4.79 Å². The number of amides is 1. The molecule has 0 fully saturated rings. The van der Waals surface area contributed by atoms with Gasteiger partial charge in [0.1, 0.15) is 0 Å². The van der Waals surface area contributed by atoms with Crippen molar-refractivity contribution in [3.05, 3.63) is 0 Å². The fraction of sp³-hybridized carbons (Fsp3) is 0.917. The summed E-state index contributed by atoms with van der Waals surface area (Å²) in [5.74, 6) is -0.0677. The second kappa shape index (κ2) is 5.64. The number of rotatable bonds is 6. The van der Waals surface area contributed by atoms with Crippen molar-refractivity contribution >= 4 is 5.91 Å². The summed E-state index contributed by atoms with van der Waals surface area (Å²) in [4.78, 5) is 13.9. The Labute approximate surface area is 99.6 Å². The summed E-state index contributed by atoms with van der Waals surface area (Å²) in [6.07, 6.45) is 0.646. The first-order valence-electron chi connectivity index (χ1n) is 5.82. The van der Waals surface area contributed by atoms with Gasteiger partial charge in [-0.05, 0) is 32.9 Å². The Hall–Kier alpha value is -0.610. The molecule has 1 unspecified atom stereocenters. The molecule has 16 heavy (non-hydrogen) atoms. The van der Waals surface area contributed by atoms with E-state index >= 15 is 0 Å². The molecule has 0 spiro atoms.